The highest BCUT2D eigenvalue weighted by Gasteiger charge is 2.11. The number of anilines is 1. The van der Waals surface area contributed by atoms with Crippen molar-refractivity contribution in [2.45, 2.75) is 19.6 Å². The van der Waals surface area contributed by atoms with Crippen LogP contribution in [0.3, 0.4) is 0 Å². The molecule has 1 unspecified atom stereocenters. The largest absolute Gasteiger partial charge is 0.394 e. The zero-order valence-corrected chi connectivity index (χ0v) is 11.1. The van der Waals surface area contributed by atoms with E-state index in [0.717, 1.165) is 0 Å². The Balaban J connectivity index is 2.77. The average molecular weight is 273 g/mol. The van der Waals surface area contributed by atoms with Crippen LogP contribution in [0, 0.1) is 0 Å². The quantitative estimate of drug-likeness (QED) is 0.768. The van der Waals surface area contributed by atoms with Crippen molar-refractivity contribution in [3.05, 3.63) is 28.8 Å². The van der Waals surface area contributed by atoms with Gasteiger partial charge >= 0.3 is 6.03 Å². The predicted molar refractivity (Wildman–Crippen MR) is 70.9 cm³/mol. The minimum absolute atomic E-state index is 0.117. The van der Waals surface area contributed by atoms with Crippen LogP contribution in [-0.4, -0.2) is 30.9 Å². The number of ether oxygens (including phenoxy) is 1. The van der Waals surface area contributed by atoms with Crippen LogP contribution >= 0.6 is 11.6 Å². The number of amides is 2. The number of aliphatic hydroxyl groups is 1. The molecule has 0 aliphatic rings. The summed E-state index contributed by atoms with van der Waals surface area (Å²) in [7, 11) is 1.56. The van der Waals surface area contributed by atoms with Crippen molar-refractivity contribution >= 4 is 23.3 Å². The molecule has 0 aliphatic carbocycles. The Morgan fingerprint density at radius 1 is 1.56 bits per heavy atom. The van der Waals surface area contributed by atoms with E-state index in [9.17, 15) is 4.79 Å². The van der Waals surface area contributed by atoms with E-state index in [1.165, 1.54) is 0 Å². The van der Waals surface area contributed by atoms with Crippen LogP contribution in [0.4, 0.5) is 10.5 Å². The van der Waals surface area contributed by atoms with Crippen molar-refractivity contribution in [2.75, 3.05) is 19.0 Å². The van der Waals surface area contributed by atoms with Gasteiger partial charge in [-0.25, -0.2) is 4.79 Å². The van der Waals surface area contributed by atoms with E-state index in [0.29, 0.717) is 22.9 Å². The maximum absolute atomic E-state index is 11.6. The van der Waals surface area contributed by atoms with Crippen LogP contribution in [0.15, 0.2) is 18.2 Å². The van der Waals surface area contributed by atoms with Crippen LogP contribution in [0.1, 0.15) is 12.5 Å². The summed E-state index contributed by atoms with van der Waals surface area (Å²) >= 11 is 6.03. The summed E-state index contributed by atoms with van der Waals surface area (Å²) in [5.74, 6) is 0. The fraction of sp³-hybridized carbons (Fsp3) is 0.417. The van der Waals surface area contributed by atoms with Gasteiger partial charge in [-0.1, -0.05) is 17.7 Å². The van der Waals surface area contributed by atoms with Crippen LogP contribution in [0.5, 0.6) is 0 Å². The molecule has 0 saturated carbocycles. The van der Waals surface area contributed by atoms with Crippen LogP contribution in [-0.2, 0) is 11.3 Å². The van der Waals surface area contributed by atoms with Gasteiger partial charge in [0, 0.05) is 23.4 Å². The third kappa shape index (κ3) is 4.18. The number of hydrogen-bond donors (Lipinski definition) is 3. The maximum atomic E-state index is 11.6. The summed E-state index contributed by atoms with van der Waals surface area (Å²) in [6, 6.07) is 4.51. The van der Waals surface area contributed by atoms with Gasteiger partial charge in [0.1, 0.15) is 0 Å². The summed E-state index contributed by atoms with van der Waals surface area (Å²) in [5.41, 5.74) is 1.31. The first-order chi connectivity index (χ1) is 8.58. The molecule has 0 aliphatic heterocycles. The molecule has 6 heteroatoms. The third-order valence-corrected chi connectivity index (χ3v) is 2.66. The highest BCUT2D eigenvalue weighted by molar-refractivity contribution is 6.31. The molecule has 0 aromatic heterocycles. The molecule has 3 N–H and O–H groups in total. The molecule has 100 valence electrons. The first kappa shape index (κ1) is 14.8. The summed E-state index contributed by atoms with van der Waals surface area (Å²) in [5, 5.41) is 14.6. The van der Waals surface area contributed by atoms with Crippen molar-refractivity contribution < 1.29 is 14.6 Å². The maximum Gasteiger partial charge on any atom is 0.319 e. The van der Waals surface area contributed by atoms with E-state index in [4.69, 9.17) is 21.4 Å². The molecule has 1 aromatic rings. The molecule has 1 rings (SSSR count). The summed E-state index contributed by atoms with van der Waals surface area (Å²) in [4.78, 5) is 11.6. The van der Waals surface area contributed by atoms with Gasteiger partial charge in [-0.15, -0.1) is 0 Å². The fourth-order valence-electron chi connectivity index (χ4n) is 1.39. The summed E-state index contributed by atoms with van der Waals surface area (Å²) in [6.07, 6.45) is 0. The average Bonchev–Trinajstić information content (AvgIpc) is 2.33. The Labute approximate surface area is 111 Å². The van der Waals surface area contributed by atoms with Crippen molar-refractivity contribution in [3.8, 4) is 0 Å². The van der Waals surface area contributed by atoms with Crippen LogP contribution in [0.25, 0.3) is 0 Å². The fourth-order valence-corrected chi connectivity index (χ4v) is 1.62. The lowest BCUT2D eigenvalue weighted by Crippen LogP contribution is -2.38. The smallest absolute Gasteiger partial charge is 0.319 e. The Bertz CT molecular complexity index is 412. The molecule has 0 heterocycles. The molecule has 0 bridgehead atoms. The van der Waals surface area contributed by atoms with Gasteiger partial charge in [0.2, 0.25) is 0 Å². The lowest BCUT2D eigenvalue weighted by atomic mass is 10.2. The van der Waals surface area contributed by atoms with Crippen molar-refractivity contribution in [2.24, 2.45) is 0 Å². The van der Waals surface area contributed by atoms with E-state index >= 15 is 0 Å². The van der Waals surface area contributed by atoms with Gasteiger partial charge in [-0.2, -0.15) is 0 Å². The first-order valence-electron chi connectivity index (χ1n) is 5.53. The molecule has 18 heavy (non-hydrogen) atoms. The molecule has 0 fully saturated rings. The number of benzene rings is 1. The standard InChI is InChI=1S/C12H17ClN2O3/c1-8(6-16)14-12(17)15-11-5-3-4-10(13)9(11)7-18-2/h3-5,8,16H,6-7H2,1-2H3,(H2,14,15,17). The normalized spacial score (nSPS) is 12.0. The number of carbonyl (C=O) groups excluding carboxylic acids is 1. The van der Waals surface area contributed by atoms with Crippen LogP contribution < -0.4 is 10.6 Å². The number of carbonyl (C=O) groups is 1. The van der Waals surface area contributed by atoms with E-state index in [2.05, 4.69) is 10.6 Å². The number of halogens is 1. The lowest BCUT2D eigenvalue weighted by Gasteiger charge is -2.15. The molecule has 5 nitrogen and oxygen atoms in total. The lowest BCUT2D eigenvalue weighted by molar-refractivity contribution is 0.185. The Morgan fingerprint density at radius 3 is 2.89 bits per heavy atom. The first-order valence-corrected chi connectivity index (χ1v) is 5.91. The van der Waals surface area contributed by atoms with E-state index < -0.39 is 6.03 Å². The van der Waals surface area contributed by atoms with Gasteiger partial charge in [-0.05, 0) is 19.1 Å². The Morgan fingerprint density at radius 2 is 2.28 bits per heavy atom. The van der Waals surface area contributed by atoms with E-state index in [-0.39, 0.29) is 12.6 Å². The van der Waals surface area contributed by atoms with E-state index in [1.807, 2.05) is 0 Å². The zero-order chi connectivity index (χ0) is 13.5. The highest BCUT2D eigenvalue weighted by atomic mass is 35.5. The predicted octanol–water partition coefficient (Wildman–Crippen LogP) is 1.99. The van der Waals surface area contributed by atoms with Gasteiger partial charge in [0.25, 0.3) is 0 Å². The minimum atomic E-state index is -0.392. The van der Waals surface area contributed by atoms with E-state index in [1.54, 1.807) is 32.2 Å². The number of nitrogens with one attached hydrogen (secondary N) is 2. The Kier molecular flexibility index (Phi) is 5.91. The summed E-state index contributed by atoms with van der Waals surface area (Å²) < 4.78 is 5.04. The molecule has 1 aromatic carbocycles. The number of rotatable bonds is 5. The molecule has 0 radical (unpaired) electrons. The molecule has 1 atom stereocenters. The molecular weight excluding hydrogens is 256 g/mol. The topological polar surface area (TPSA) is 70.6 Å². The number of methoxy groups -OCH3 is 1. The number of hydrogen-bond acceptors (Lipinski definition) is 3. The summed E-state index contributed by atoms with van der Waals surface area (Å²) in [6.45, 7) is 1.90. The Hall–Kier alpha value is -1.30. The second kappa shape index (κ2) is 7.20. The van der Waals surface area contributed by atoms with Gasteiger partial charge in [0.05, 0.1) is 19.3 Å². The number of aliphatic hydroxyl groups excluding tert-OH is 1. The zero-order valence-electron chi connectivity index (χ0n) is 10.4. The van der Waals surface area contributed by atoms with Crippen molar-refractivity contribution in [1.29, 1.82) is 0 Å². The monoisotopic (exact) mass is 272 g/mol. The van der Waals surface area contributed by atoms with Gasteiger partial charge in [-0.3, -0.25) is 0 Å². The molecular formula is C12H17ClN2O3. The van der Waals surface area contributed by atoms with Crippen molar-refractivity contribution in [3.63, 3.8) is 0 Å². The molecule has 0 saturated heterocycles. The second-order valence-electron chi connectivity index (χ2n) is 3.88. The highest BCUT2D eigenvalue weighted by Crippen LogP contribution is 2.24. The minimum Gasteiger partial charge on any atom is -0.394 e. The van der Waals surface area contributed by atoms with Gasteiger partial charge < -0.3 is 20.5 Å². The number of urea groups is 1. The SMILES string of the molecule is COCc1c(Cl)cccc1NC(=O)NC(C)CO. The third-order valence-electron chi connectivity index (χ3n) is 2.31. The molecule has 2 amide bonds. The van der Waals surface area contributed by atoms with Crippen molar-refractivity contribution in [1.82, 2.24) is 5.32 Å². The van der Waals surface area contributed by atoms with Crippen LogP contribution in [0.2, 0.25) is 5.02 Å². The second-order valence-corrected chi connectivity index (χ2v) is 4.29. The molecule has 0 spiro atoms. The van der Waals surface area contributed by atoms with Gasteiger partial charge in [0.15, 0.2) is 0 Å².